The van der Waals surface area contributed by atoms with Gasteiger partial charge < -0.3 is 19.1 Å². The number of hydrogen-bond acceptors (Lipinski definition) is 4. The van der Waals surface area contributed by atoms with Crippen LogP contribution < -0.4 is 14.9 Å². The van der Waals surface area contributed by atoms with Gasteiger partial charge in [-0.25, -0.2) is 4.79 Å². The third-order valence-corrected chi connectivity index (χ3v) is 3.15. The molecule has 0 saturated carbocycles. The van der Waals surface area contributed by atoms with Crippen LogP contribution in [0.4, 0.5) is 0 Å². The van der Waals surface area contributed by atoms with Crippen LogP contribution in [0.2, 0.25) is 0 Å². The molecule has 0 unspecified atom stereocenters. The fourth-order valence-electron chi connectivity index (χ4n) is 2.19. The van der Waals surface area contributed by atoms with Crippen molar-refractivity contribution in [3.05, 3.63) is 34.1 Å². The molecule has 0 atom stereocenters. The first-order valence-corrected chi connectivity index (χ1v) is 5.82. The molecule has 1 aromatic carbocycles. The fraction of sp³-hybridized carbons (Fsp3) is 0.231. The molecule has 0 aliphatic carbocycles. The van der Waals surface area contributed by atoms with E-state index in [2.05, 4.69) is 0 Å². The number of carbonyl (C=O) groups is 1. The van der Waals surface area contributed by atoms with E-state index in [1.165, 1.54) is 6.20 Å². The van der Waals surface area contributed by atoms with Crippen molar-refractivity contribution in [2.75, 3.05) is 6.79 Å². The number of aromatic carboxylic acids is 1. The quantitative estimate of drug-likeness (QED) is 0.782. The first kappa shape index (κ1) is 18.4. The molecule has 0 saturated heterocycles. The van der Waals surface area contributed by atoms with Gasteiger partial charge >= 0.3 is 43.7 Å². The van der Waals surface area contributed by atoms with Crippen LogP contribution in [0.5, 0.6) is 11.5 Å². The molecule has 1 aliphatic heterocycles. The van der Waals surface area contributed by atoms with E-state index < -0.39 is 11.4 Å². The monoisotopic (exact) mass is 367 g/mol. The third-order valence-electron chi connectivity index (χ3n) is 3.15. The van der Waals surface area contributed by atoms with Gasteiger partial charge in [0.25, 0.3) is 0 Å². The van der Waals surface area contributed by atoms with E-state index in [4.69, 9.17) is 14.6 Å². The summed E-state index contributed by atoms with van der Waals surface area (Å²) < 4.78 is 12.2. The minimum Gasteiger partial charge on any atom is 0 e. The largest absolute Gasteiger partial charge is 0 e. The summed E-state index contributed by atoms with van der Waals surface area (Å²) in [4.78, 5) is 23.2. The predicted molar refractivity (Wildman–Crippen MR) is 75.5 cm³/mol. The van der Waals surface area contributed by atoms with Crippen molar-refractivity contribution < 1.29 is 38.9 Å². The van der Waals surface area contributed by atoms with Gasteiger partial charge in [-0.1, -0.05) is 0 Å². The summed E-state index contributed by atoms with van der Waals surface area (Å²) in [7, 11) is 0. The van der Waals surface area contributed by atoms with Crippen molar-refractivity contribution in [1.29, 1.82) is 0 Å². The summed E-state index contributed by atoms with van der Waals surface area (Å²) in [6.45, 7) is 2.54. The van der Waals surface area contributed by atoms with Crippen LogP contribution in [0, 0.1) is 0 Å². The van der Waals surface area contributed by atoms with Crippen molar-refractivity contribution in [1.82, 2.24) is 4.57 Å². The number of carboxylic acids is 1. The SMILES string of the molecule is CCn1cc(C(=O)O)c(=O)c2cc3c(cc21)OCO3.[CaH2].[Zn]. The molecule has 1 aromatic heterocycles. The number of aromatic nitrogens is 1. The number of ether oxygens (including phenoxy) is 2. The Labute approximate surface area is 162 Å². The smallest absolute Gasteiger partial charge is 0 e. The molecule has 1 N–H and O–H groups in total. The van der Waals surface area contributed by atoms with Gasteiger partial charge in [-0.3, -0.25) is 4.79 Å². The van der Waals surface area contributed by atoms with Crippen LogP contribution in [0.15, 0.2) is 23.1 Å². The zero-order valence-electron chi connectivity index (χ0n) is 10.9. The predicted octanol–water partition coefficient (Wildman–Crippen LogP) is 0.530. The molecule has 6 nitrogen and oxygen atoms in total. The van der Waals surface area contributed by atoms with Gasteiger partial charge in [0.15, 0.2) is 11.5 Å². The molecule has 0 bridgehead atoms. The van der Waals surface area contributed by atoms with E-state index in [1.807, 2.05) is 6.92 Å². The second kappa shape index (κ2) is 7.10. The van der Waals surface area contributed by atoms with Crippen LogP contribution in [-0.2, 0) is 26.0 Å². The summed E-state index contributed by atoms with van der Waals surface area (Å²) in [5, 5.41) is 9.39. The number of hydrogen-bond donors (Lipinski definition) is 1. The minimum atomic E-state index is -1.23. The van der Waals surface area contributed by atoms with Crippen molar-refractivity contribution in [3.63, 3.8) is 0 Å². The van der Waals surface area contributed by atoms with Crippen LogP contribution in [-0.4, -0.2) is 60.2 Å². The number of fused-ring (bicyclic) bond motifs is 2. The molecule has 3 rings (SSSR count). The van der Waals surface area contributed by atoms with Gasteiger partial charge in [-0.2, -0.15) is 0 Å². The molecule has 1 aliphatic rings. The summed E-state index contributed by atoms with van der Waals surface area (Å²) in [5.74, 6) is -0.196. The van der Waals surface area contributed by atoms with E-state index in [-0.39, 0.29) is 69.6 Å². The maximum Gasteiger partial charge on any atom is 0 e. The van der Waals surface area contributed by atoms with Crippen molar-refractivity contribution in [3.8, 4) is 11.5 Å². The van der Waals surface area contributed by atoms with Gasteiger partial charge in [-0.15, -0.1) is 0 Å². The minimum absolute atomic E-state index is 0. The maximum atomic E-state index is 12.1. The molecule has 0 fully saturated rings. The Morgan fingerprint density at radius 2 is 1.95 bits per heavy atom. The van der Waals surface area contributed by atoms with E-state index in [9.17, 15) is 9.59 Å². The Hall–Kier alpha value is -0.617. The van der Waals surface area contributed by atoms with Crippen LogP contribution in [0.25, 0.3) is 10.9 Å². The number of rotatable bonds is 2. The molecule has 0 radical (unpaired) electrons. The van der Waals surface area contributed by atoms with E-state index >= 15 is 0 Å². The molecular weight excluding hydrogens is 356 g/mol. The zero-order valence-corrected chi connectivity index (χ0v) is 13.8. The normalized spacial score (nSPS) is 11.7. The average Bonchev–Trinajstić information content (AvgIpc) is 2.84. The topological polar surface area (TPSA) is 77.8 Å². The number of aryl methyl sites for hydroxylation is 1. The Morgan fingerprint density at radius 1 is 1.33 bits per heavy atom. The molecule has 104 valence electrons. The summed E-state index contributed by atoms with van der Waals surface area (Å²) in [6, 6.07) is 3.24. The van der Waals surface area contributed by atoms with Crippen LogP contribution in [0.1, 0.15) is 17.3 Å². The van der Waals surface area contributed by atoms with Crippen LogP contribution in [0.3, 0.4) is 0 Å². The first-order chi connectivity index (χ1) is 9.11. The number of benzene rings is 1. The number of carboxylic acid groups (broad SMARTS) is 1. The van der Waals surface area contributed by atoms with E-state index in [1.54, 1.807) is 16.7 Å². The fourth-order valence-corrected chi connectivity index (χ4v) is 2.19. The molecule has 2 aromatic rings. The zero-order chi connectivity index (χ0) is 13.6. The van der Waals surface area contributed by atoms with Gasteiger partial charge in [0.05, 0.1) is 10.9 Å². The summed E-state index contributed by atoms with van der Waals surface area (Å²) >= 11 is 0. The van der Waals surface area contributed by atoms with Crippen molar-refractivity contribution in [2.45, 2.75) is 13.5 Å². The second-order valence-electron chi connectivity index (χ2n) is 4.19. The van der Waals surface area contributed by atoms with Gasteiger partial charge in [0.1, 0.15) is 5.56 Å². The summed E-state index contributed by atoms with van der Waals surface area (Å²) in [5.41, 5.74) is -0.111. The molecule has 8 heteroatoms. The Balaban J connectivity index is 0.00000110. The van der Waals surface area contributed by atoms with Crippen LogP contribution >= 0.6 is 0 Å². The number of nitrogens with zero attached hydrogens (tertiary/aromatic N) is 1. The Kier molecular flexibility index (Phi) is 6.23. The molecule has 0 spiro atoms. The standard InChI is InChI=1S/C13H11NO5.Ca.Zn.2H/c1-2-14-5-8(13(16)17)12(15)7-3-10-11(4-9(7)14)19-6-18-10;;;;/h3-5H,2,6H2,1H3,(H,16,17);;;;. The summed E-state index contributed by atoms with van der Waals surface area (Å²) in [6.07, 6.45) is 1.36. The van der Waals surface area contributed by atoms with Gasteiger partial charge in [0.2, 0.25) is 12.2 Å². The second-order valence-corrected chi connectivity index (χ2v) is 4.19. The first-order valence-electron chi connectivity index (χ1n) is 5.82. The molecule has 2 heterocycles. The third kappa shape index (κ3) is 3.11. The van der Waals surface area contributed by atoms with Gasteiger partial charge in [0, 0.05) is 38.3 Å². The van der Waals surface area contributed by atoms with E-state index in [0.717, 1.165) is 0 Å². The average molecular weight is 369 g/mol. The molecule has 0 amide bonds. The van der Waals surface area contributed by atoms with Crippen molar-refractivity contribution >= 4 is 54.6 Å². The Morgan fingerprint density at radius 3 is 2.52 bits per heavy atom. The van der Waals surface area contributed by atoms with Gasteiger partial charge in [-0.05, 0) is 13.0 Å². The maximum absolute atomic E-state index is 12.1. The van der Waals surface area contributed by atoms with E-state index in [0.29, 0.717) is 28.9 Å². The Bertz CT molecular complexity index is 758. The molecular formula is C13H13CaNO5Zn. The number of pyridine rings is 1. The molecule has 21 heavy (non-hydrogen) atoms. The van der Waals surface area contributed by atoms with Crippen molar-refractivity contribution in [2.24, 2.45) is 0 Å².